The Balaban J connectivity index is 2.52. The summed E-state index contributed by atoms with van der Waals surface area (Å²) in [5.41, 5.74) is 1.83. The van der Waals surface area contributed by atoms with Gasteiger partial charge in [-0.05, 0) is 30.5 Å². The highest BCUT2D eigenvalue weighted by Crippen LogP contribution is 2.09. The predicted molar refractivity (Wildman–Crippen MR) is 67.8 cm³/mol. The second-order valence-corrected chi connectivity index (χ2v) is 3.76. The number of nitrogens with one attached hydrogen (secondary N) is 2. The minimum Gasteiger partial charge on any atom is -0.348 e. The Labute approximate surface area is 101 Å². The van der Waals surface area contributed by atoms with Gasteiger partial charge in [-0.15, -0.1) is 0 Å². The van der Waals surface area contributed by atoms with Gasteiger partial charge in [0.15, 0.2) is 0 Å². The van der Waals surface area contributed by atoms with Crippen molar-refractivity contribution in [2.24, 2.45) is 0 Å². The third-order valence-corrected chi connectivity index (χ3v) is 2.36. The molecule has 1 rings (SSSR count). The summed E-state index contributed by atoms with van der Waals surface area (Å²) >= 11 is 0. The van der Waals surface area contributed by atoms with Gasteiger partial charge >= 0.3 is 11.8 Å². The summed E-state index contributed by atoms with van der Waals surface area (Å²) < 4.78 is 0. The Morgan fingerprint density at radius 1 is 1.06 bits per heavy atom. The molecule has 0 aliphatic carbocycles. The van der Waals surface area contributed by atoms with E-state index in [2.05, 4.69) is 17.6 Å². The molecule has 0 radical (unpaired) electrons. The molecule has 0 unspecified atom stereocenters. The molecule has 0 aromatic heterocycles. The maximum absolute atomic E-state index is 11.4. The lowest BCUT2D eigenvalue weighted by atomic mass is 10.1. The third kappa shape index (κ3) is 4.26. The maximum Gasteiger partial charge on any atom is 0.313 e. The normalized spacial score (nSPS) is 9.76. The summed E-state index contributed by atoms with van der Waals surface area (Å²) in [5.74, 6) is -1.21. The van der Waals surface area contributed by atoms with Crippen LogP contribution >= 0.6 is 0 Å². The Morgan fingerprint density at radius 3 is 2.24 bits per heavy atom. The predicted octanol–water partition coefficient (Wildman–Crippen LogP) is 1.71. The fourth-order valence-corrected chi connectivity index (χ4v) is 1.33. The molecule has 0 saturated carbocycles. The first kappa shape index (κ1) is 13.2. The maximum atomic E-state index is 11.4. The van der Waals surface area contributed by atoms with Crippen molar-refractivity contribution in [2.75, 3.05) is 11.9 Å². The highest BCUT2D eigenvalue weighted by Gasteiger charge is 2.12. The zero-order valence-electron chi connectivity index (χ0n) is 10.2. The van der Waals surface area contributed by atoms with E-state index >= 15 is 0 Å². The van der Waals surface area contributed by atoms with Gasteiger partial charge in [0, 0.05) is 12.2 Å². The molecule has 0 fully saturated rings. The average Bonchev–Trinajstić information content (AvgIpc) is 2.36. The van der Waals surface area contributed by atoms with E-state index in [1.165, 1.54) is 5.56 Å². The Bertz CT molecular complexity index is 385. The zero-order chi connectivity index (χ0) is 12.7. The van der Waals surface area contributed by atoms with Gasteiger partial charge in [-0.2, -0.15) is 0 Å². The number of anilines is 1. The van der Waals surface area contributed by atoms with Crippen LogP contribution in [0.1, 0.15) is 25.8 Å². The first-order valence-electron chi connectivity index (χ1n) is 5.85. The topological polar surface area (TPSA) is 58.2 Å². The summed E-state index contributed by atoms with van der Waals surface area (Å²) in [6, 6.07) is 7.45. The molecular formula is C13H18N2O2. The van der Waals surface area contributed by atoms with Gasteiger partial charge in [0.2, 0.25) is 0 Å². The summed E-state index contributed by atoms with van der Waals surface area (Å²) in [5, 5.41) is 5.07. The number of hydrogen-bond acceptors (Lipinski definition) is 2. The first-order chi connectivity index (χ1) is 8.17. The third-order valence-electron chi connectivity index (χ3n) is 2.36. The standard InChI is InChI=1S/C13H18N2O2/c1-3-9-14-12(16)13(17)15-11-7-5-10(4-2)6-8-11/h5-8H,3-4,9H2,1-2H3,(H,14,16)(H,15,17). The Kier molecular flexibility index (Phi) is 5.20. The largest absolute Gasteiger partial charge is 0.348 e. The number of benzene rings is 1. The molecule has 0 atom stereocenters. The van der Waals surface area contributed by atoms with Crippen molar-refractivity contribution in [1.29, 1.82) is 0 Å². The smallest absolute Gasteiger partial charge is 0.313 e. The number of rotatable bonds is 4. The number of aryl methyl sites for hydroxylation is 1. The molecule has 0 bridgehead atoms. The zero-order valence-corrected chi connectivity index (χ0v) is 10.2. The van der Waals surface area contributed by atoms with E-state index in [-0.39, 0.29) is 0 Å². The van der Waals surface area contributed by atoms with Gasteiger partial charge in [0.05, 0.1) is 0 Å². The molecule has 2 N–H and O–H groups in total. The van der Waals surface area contributed by atoms with Crippen molar-refractivity contribution in [3.8, 4) is 0 Å². The van der Waals surface area contributed by atoms with Gasteiger partial charge in [0.1, 0.15) is 0 Å². The van der Waals surface area contributed by atoms with Crippen molar-refractivity contribution < 1.29 is 9.59 Å². The number of carbonyl (C=O) groups excluding carboxylic acids is 2. The quantitative estimate of drug-likeness (QED) is 0.779. The molecule has 4 nitrogen and oxygen atoms in total. The molecule has 0 aliphatic rings. The van der Waals surface area contributed by atoms with Gasteiger partial charge < -0.3 is 10.6 Å². The van der Waals surface area contributed by atoms with Crippen LogP contribution in [0.5, 0.6) is 0 Å². The van der Waals surface area contributed by atoms with Gasteiger partial charge in [-0.25, -0.2) is 0 Å². The molecule has 0 saturated heterocycles. The molecule has 2 amide bonds. The van der Waals surface area contributed by atoms with Crippen molar-refractivity contribution in [2.45, 2.75) is 26.7 Å². The number of carbonyl (C=O) groups is 2. The van der Waals surface area contributed by atoms with Crippen LogP contribution in [-0.4, -0.2) is 18.4 Å². The highest BCUT2D eigenvalue weighted by atomic mass is 16.2. The highest BCUT2D eigenvalue weighted by molar-refractivity contribution is 6.39. The summed E-state index contributed by atoms with van der Waals surface area (Å²) in [6.45, 7) is 4.51. The Hall–Kier alpha value is -1.84. The van der Waals surface area contributed by atoms with Gasteiger partial charge in [0.25, 0.3) is 0 Å². The molecule has 17 heavy (non-hydrogen) atoms. The van der Waals surface area contributed by atoms with Crippen LogP contribution in [0.25, 0.3) is 0 Å². The minimum absolute atomic E-state index is 0.515. The van der Waals surface area contributed by atoms with Gasteiger partial charge in [-0.3, -0.25) is 9.59 Å². The second-order valence-electron chi connectivity index (χ2n) is 3.76. The lowest BCUT2D eigenvalue weighted by Gasteiger charge is -2.06. The van der Waals surface area contributed by atoms with E-state index in [1.54, 1.807) is 12.1 Å². The van der Waals surface area contributed by atoms with Gasteiger partial charge in [-0.1, -0.05) is 26.0 Å². The van der Waals surface area contributed by atoms with Crippen LogP contribution in [-0.2, 0) is 16.0 Å². The molecule has 1 aromatic carbocycles. The van der Waals surface area contributed by atoms with Crippen molar-refractivity contribution in [1.82, 2.24) is 5.32 Å². The monoisotopic (exact) mass is 234 g/mol. The fraction of sp³-hybridized carbons (Fsp3) is 0.385. The SMILES string of the molecule is CCCNC(=O)C(=O)Nc1ccc(CC)cc1. The van der Waals surface area contributed by atoms with Crippen molar-refractivity contribution >= 4 is 17.5 Å². The molecule has 0 spiro atoms. The van der Waals surface area contributed by atoms with E-state index < -0.39 is 11.8 Å². The second kappa shape index (κ2) is 6.68. The lowest BCUT2D eigenvalue weighted by Crippen LogP contribution is -2.35. The van der Waals surface area contributed by atoms with Crippen LogP contribution in [0.15, 0.2) is 24.3 Å². The van der Waals surface area contributed by atoms with E-state index in [4.69, 9.17) is 0 Å². The molecule has 4 heteroatoms. The van der Waals surface area contributed by atoms with Crippen LogP contribution in [0.4, 0.5) is 5.69 Å². The lowest BCUT2D eigenvalue weighted by molar-refractivity contribution is -0.136. The Morgan fingerprint density at radius 2 is 1.71 bits per heavy atom. The first-order valence-corrected chi connectivity index (χ1v) is 5.85. The summed E-state index contributed by atoms with van der Waals surface area (Å²) in [7, 11) is 0. The van der Waals surface area contributed by atoms with E-state index in [0.29, 0.717) is 12.2 Å². The molecule has 0 heterocycles. The van der Waals surface area contributed by atoms with E-state index in [9.17, 15) is 9.59 Å². The van der Waals surface area contributed by atoms with E-state index in [0.717, 1.165) is 12.8 Å². The number of hydrogen-bond donors (Lipinski definition) is 2. The number of amides is 2. The van der Waals surface area contributed by atoms with Crippen LogP contribution < -0.4 is 10.6 Å². The van der Waals surface area contributed by atoms with Crippen LogP contribution in [0.2, 0.25) is 0 Å². The average molecular weight is 234 g/mol. The minimum atomic E-state index is -0.623. The molecule has 1 aromatic rings. The molecular weight excluding hydrogens is 216 g/mol. The van der Waals surface area contributed by atoms with E-state index in [1.807, 2.05) is 19.1 Å². The fourth-order valence-electron chi connectivity index (χ4n) is 1.33. The van der Waals surface area contributed by atoms with Crippen LogP contribution in [0.3, 0.4) is 0 Å². The molecule has 92 valence electrons. The summed E-state index contributed by atoms with van der Waals surface area (Å²) in [6.07, 6.45) is 1.76. The van der Waals surface area contributed by atoms with Crippen molar-refractivity contribution in [3.05, 3.63) is 29.8 Å². The van der Waals surface area contributed by atoms with Crippen molar-refractivity contribution in [3.63, 3.8) is 0 Å². The molecule has 0 aliphatic heterocycles. The summed E-state index contributed by atoms with van der Waals surface area (Å²) in [4.78, 5) is 22.8. The van der Waals surface area contributed by atoms with Crippen LogP contribution in [0, 0.1) is 0 Å².